The average molecular weight is 603 g/mol. The number of nitrogens with zero attached hydrogens (tertiary/aromatic N) is 6. The van der Waals surface area contributed by atoms with Gasteiger partial charge in [0.2, 0.25) is 5.72 Å². The molecule has 3 fully saturated rings. The van der Waals surface area contributed by atoms with Crippen molar-refractivity contribution < 1.29 is 14.2 Å². The third-order valence-electron chi connectivity index (χ3n) is 9.81. The molecule has 3 aliphatic rings. The Hall–Kier alpha value is -3.12. The number of nitrogen functional groups attached to an aromatic ring is 1. The Bertz CT molecular complexity index is 1670. The highest BCUT2D eigenvalue weighted by atomic mass is 16.8. The van der Waals surface area contributed by atoms with Crippen LogP contribution < -0.4 is 5.73 Å². The molecule has 0 bridgehead atoms. The van der Waals surface area contributed by atoms with E-state index in [0.717, 1.165) is 36.2 Å². The molecule has 3 aromatic heterocycles. The van der Waals surface area contributed by atoms with Gasteiger partial charge in [-0.3, -0.25) is 9.47 Å². The minimum Gasteiger partial charge on any atom is -0.382 e. The van der Waals surface area contributed by atoms with Crippen molar-refractivity contribution in [2.45, 2.75) is 115 Å². The van der Waals surface area contributed by atoms with Crippen LogP contribution in [0.1, 0.15) is 79.1 Å². The minimum absolute atomic E-state index is 0.117. The highest BCUT2D eigenvalue weighted by molar-refractivity contribution is 5.81. The normalized spacial score (nSPS) is 28.4. The topological polar surface area (TPSA) is 129 Å². The minimum atomic E-state index is -0.880. The largest absolute Gasteiger partial charge is 0.382 e. The van der Waals surface area contributed by atoms with Crippen molar-refractivity contribution in [1.82, 2.24) is 34.4 Å². The number of ether oxygens (including phenoxy) is 3. The molecule has 1 saturated carbocycles. The Morgan fingerprint density at radius 3 is 2.70 bits per heavy atom. The molecule has 2 saturated heterocycles. The van der Waals surface area contributed by atoms with Gasteiger partial charge >= 0.3 is 0 Å². The van der Waals surface area contributed by atoms with E-state index < -0.39 is 11.5 Å². The van der Waals surface area contributed by atoms with Crippen LogP contribution in [0.5, 0.6) is 0 Å². The SMILES string of the molecule is CC(C)N(C[C@H]1OC[C@]2(n3cnc4c(N)ncnc43)OC(C)(C)O[C@H]12)[C@H]1C[C@@H](CCc2nc3cc(C(C)(C)C)ccc3[nH]2)C1. The number of aromatic amines is 1. The van der Waals surface area contributed by atoms with E-state index >= 15 is 0 Å². The lowest BCUT2D eigenvalue weighted by Crippen LogP contribution is -2.53. The van der Waals surface area contributed by atoms with Gasteiger partial charge in [0.15, 0.2) is 17.3 Å². The van der Waals surface area contributed by atoms with Gasteiger partial charge in [-0.05, 0) is 76.0 Å². The molecule has 44 heavy (non-hydrogen) atoms. The van der Waals surface area contributed by atoms with Gasteiger partial charge in [0, 0.05) is 25.0 Å². The van der Waals surface area contributed by atoms with Gasteiger partial charge in [-0.15, -0.1) is 0 Å². The van der Waals surface area contributed by atoms with E-state index in [0.29, 0.717) is 41.6 Å². The van der Waals surface area contributed by atoms with Crippen molar-refractivity contribution in [3.8, 4) is 0 Å². The number of fused-ring (bicyclic) bond motifs is 3. The first kappa shape index (κ1) is 29.6. The van der Waals surface area contributed by atoms with Crippen molar-refractivity contribution in [1.29, 1.82) is 0 Å². The highest BCUT2D eigenvalue weighted by Gasteiger charge is 2.63. The van der Waals surface area contributed by atoms with E-state index in [2.05, 4.69) is 77.7 Å². The number of hydrogen-bond acceptors (Lipinski definition) is 9. The second kappa shape index (κ2) is 10.5. The van der Waals surface area contributed by atoms with Gasteiger partial charge < -0.3 is 24.9 Å². The Balaban J connectivity index is 1.01. The fourth-order valence-corrected chi connectivity index (χ4v) is 7.41. The summed E-state index contributed by atoms with van der Waals surface area (Å²) in [5, 5.41) is 0. The molecule has 3 atom stereocenters. The number of nitrogens with two attached hydrogens (primary N) is 1. The van der Waals surface area contributed by atoms with Crippen molar-refractivity contribution in [2.24, 2.45) is 5.92 Å². The van der Waals surface area contributed by atoms with E-state index in [1.807, 2.05) is 18.4 Å². The van der Waals surface area contributed by atoms with Crippen LogP contribution in [0.4, 0.5) is 5.82 Å². The molecule has 1 aromatic carbocycles. The Labute approximate surface area is 258 Å². The standard InChI is InChI=1S/C33H46N8O3/c1-19(2)40(22-12-20(13-22)8-11-26-38-23-10-9-21(31(3,4)5)14-24(23)39-26)15-25-28-33(16-42-25,44-32(6,7)43-28)41-18-37-27-29(34)35-17-36-30(27)41/h9-10,14,17-20,22,25,28H,8,11-13,15-16H2,1-7H3,(H,38,39)(H2,34,35,36)/t20-,22+,25-,28-,33+/m1/s1. The third kappa shape index (κ3) is 5.07. The zero-order chi connectivity index (χ0) is 31.0. The predicted molar refractivity (Wildman–Crippen MR) is 169 cm³/mol. The van der Waals surface area contributed by atoms with Crippen LogP contribution in [0.15, 0.2) is 30.9 Å². The molecule has 4 aromatic rings. The van der Waals surface area contributed by atoms with Crippen LogP contribution in [-0.2, 0) is 31.8 Å². The van der Waals surface area contributed by atoms with Crippen LogP contribution in [0, 0.1) is 5.92 Å². The number of anilines is 1. The highest BCUT2D eigenvalue weighted by Crippen LogP contribution is 2.48. The van der Waals surface area contributed by atoms with Crippen LogP contribution in [0.25, 0.3) is 22.2 Å². The first-order chi connectivity index (χ1) is 20.8. The number of aromatic nitrogens is 6. The molecule has 2 aliphatic heterocycles. The second-order valence-electron chi connectivity index (χ2n) is 14.8. The van der Waals surface area contributed by atoms with Crippen molar-refractivity contribution in [3.63, 3.8) is 0 Å². The number of benzene rings is 1. The van der Waals surface area contributed by atoms with E-state index in [4.69, 9.17) is 24.9 Å². The second-order valence-corrected chi connectivity index (χ2v) is 14.8. The molecule has 236 valence electrons. The van der Waals surface area contributed by atoms with Crippen molar-refractivity contribution in [2.75, 3.05) is 18.9 Å². The van der Waals surface area contributed by atoms with Crippen LogP contribution in [0.2, 0.25) is 0 Å². The predicted octanol–water partition coefficient (Wildman–Crippen LogP) is 4.91. The summed E-state index contributed by atoms with van der Waals surface area (Å²) >= 11 is 0. The molecule has 0 unspecified atom stereocenters. The van der Waals surface area contributed by atoms with E-state index in [1.54, 1.807) is 6.33 Å². The molecular formula is C33H46N8O3. The first-order valence-corrected chi connectivity index (χ1v) is 16.0. The quantitative estimate of drug-likeness (QED) is 0.289. The van der Waals surface area contributed by atoms with Crippen molar-refractivity contribution in [3.05, 3.63) is 42.2 Å². The summed E-state index contributed by atoms with van der Waals surface area (Å²) in [6.45, 7) is 16.3. The molecule has 0 spiro atoms. The van der Waals surface area contributed by atoms with E-state index in [9.17, 15) is 0 Å². The Morgan fingerprint density at radius 2 is 1.95 bits per heavy atom. The zero-order valence-electron chi connectivity index (χ0n) is 27.0. The number of nitrogens with one attached hydrogen (secondary N) is 1. The van der Waals surface area contributed by atoms with Gasteiger partial charge in [0.25, 0.3) is 0 Å². The van der Waals surface area contributed by atoms with E-state index in [-0.39, 0.29) is 17.6 Å². The zero-order valence-corrected chi connectivity index (χ0v) is 27.0. The molecule has 5 heterocycles. The summed E-state index contributed by atoms with van der Waals surface area (Å²) in [5.74, 6) is 1.34. The average Bonchev–Trinajstić information content (AvgIpc) is 3.67. The van der Waals surface area contributed by atoms with Crippen LogP contribution in [0.3, 0.4) is 0 Å². The number of imidazole rings is 2. The summed E-state index contributed by atoms with van der Waals surface area (Å²) in [7, 11) is 0. The Kier molecular flexibility index (Phi) is 7.04. The lowest BCUT2D eigenvalue weighted by molar-refractivity contribution is -0.206. The van der Waals surface area contributed by atoms with Gasteiger partial charge in [-0.1, -0.05) is 26.8 Å². The molecule has 0 amide bonds. The fraction of sp³-hybridized carbons (Fsp3) is 0.636. The molecule has 0 radical (unpaired) electrons. The van der Waals surface area contributed by atoms with Crippen LogP contribution in [-0.4, -0.2) is 77.6 Å². The number of hydrogen-bond donors (Lipinski definition) is 2. The molecule has 3 N–H and O–H groups in total. The summed E-state index contributed by atoms with van der Waals surface area (Å²) in [6.07, 6.45) is 7.17. The van der Waals surface area contributed by atoms with Crippen LogP contribution >= 0.6 is 0 Å². The maximum Gasteiger partial charge on any atom is 0.203 e. The summed E-state index contributed by atoms with van der Waals surface area (Å²) in [4.78, 5) is 24.2. The Morgan fingerprint density at radius 1 is 1.16 bits per heavy atom. The van der Waals surface area contributed by atoms with Crippen molar-refractivity contribution >= 4 is 28.0 Å². The van der Waals surface area contributed by atoms with Gasteiger partial charge in [-0.25, -0.2) is 19.9 Å². The fourth-order valence-electron chi connectivity index (χ4n) is 7.41. The molecular weight excluding hydrogens is 556 g/mol. The molecule has 1 aliphatic carbocycles. The lowest BCUT2D eigenvalue weighted by atomic mass is 9.76. The number of rotatable bonds is 8. The smallest absolute Gasteiger partial charge is 0.203 e. The maximum absolute atomic E-state index is 6.61. The number of H-pyrrole nitrogens is 1. The third-order valence-corrected chi connectivity index (χ3v) is 9.81. The molecule has 11 heteroatoms. The van der Waals surface area contributed by atoms with E-state index in [1.165, 1.54) is 24.7 Å². The number of aryl methyl sites for hydroxylation is 1. The summed E-state index contributed by atoms with van der Waals surface area (Å²) in [5.41, 5.74) is 10.0. The first-order valence-electron chi connectivity index (χ1n) is 16.0. The van der Waals surface area contributed by atoms with Gasteiger partial charge in [0.1, 0.15) is 29.9 Å². The van der Waals surface area contributed by atoms with Gasteiger partial charge in [0.05, 0.1) is 24.0 Å². The molecule has 11 nitrogen and oxygen atoms in total. The van der Waals surface area contributed by atoms with Gasteiger partial charge in [-0.2, -0.15) is 0 Å². The monoisotopic (exact) mass is 602 g/mol. The summed E-state index contributed by atoms with van der Waals surface area (Å²) in [6, 6.07) is 7.51. The lowest BCUT2D eigenvalue weighted by Gasteiger charge is -2.46. The summed E-state index contributed by atoms with van der Waals surface area (Å²) < 4.78 is 21.6. The molecule has 7 rings (SSSR count). The maximum atomic E-state index is 6.61.